The standard InChI is InChI=1S/C19H22N2O6/c1-4-25-18(23)20-21(19(24)26-5-2)14-7-9-16-17(14)13-10-12(11(3)22)6-8-15(13)27-16/h6-10,14,16-17H,4-5H2,1-3H3,(H,20,23)/t14-,16-,17+/m1/s1. The van der Waals surface area contributed by atoms with Gasteiger partial charge in [0.25, 0.3) is 0 Å². The van der Waals surface area contributed by atoms with E-state index in [9.17, 15) is 14.4 Å². The maximum atomic E-state index is 12.5. The predicted octanol–water partition coefficient (Wildman–Crippen LogP) is 2.79. The van der Waals surface area contributed by atoms with Crippen LogP contribution in [-0.2, 0) is 9.47 Å². The second-order valence-electron chi connectivity index (χ2n) is 6.19. The van der Waals surface area contributed by atoms with Gasteiger partial charge in [-0.1, -0.05) is 6.08 Å². The van der Waals surface area contributed by atoms with Crippen molar-refractivity contribution in [2.24, 2.45) is 0 Å². The van der Waals surface area contributed by atoms with Gasteiger partial charge in [-0.05, 0) is 45.0 Å². The molecule has 2 aliphatic rings. The molecule has 0 saturated carbocycles. The molecule has 0 radical (unpaired) electrons. The molecule has 8 heteroatoms. The quantitative estimate of drug-likeness (QED) is 0.495. The number of nitrogens with zero attached hydrogens (tertiary/aromatic N) is 1. The molecule has 0 aromatic heterocycles. The molecule has 1 N–H and O–H groups in total. The Hall–Kier alpha value is -3.03. The first-order valence-corrected chi connectivity index (χ1v) is 8.85. The molecule has 0 spiro atoms. The SMILES string of the molecule is CCOC(=O)NN(C(=O)OCC)[C@@H]1C=C[C@H]2Oc3ccc(C(C)=O)cc3[C@@H]12. The molecule has 144 valence electrons. The highest BCUT2D eigenvalue weighted by Gasteiger charge is 2.46. The summed E-state index contributed by atoms with van der Waals surface area (Å²) in [7, 11) is 0. The zero-order chi connectivity index (χ0) is 19.6. The Morgan fingerprint density at radius 2 is 1.89 bits per heavy atom. The number of hydrogen-bond donors (Lipinski definition) is 1. The van der Waals surface area contributed by atoms with Gasteiger partial charge in [-0.2, -0.15) is 0 Å². The molecular weight excluding hydrogens is 352 g/mol. The number of carbonyl (C=O) groups is 3. The van der Waals surface area contributed by atoms with E-state index in [0.717, 1.165) is 10.6 Å². The Labute approximate surface area is 157 Å². The number of hydrogen-bond acceptors (Lipinski definition) is 6. The van der Waals surface area contributed by atoms with Gasteiger partial charge in [0.05, 0.1) is 25.2 Å². The third-order valence-corrected chi connectivity index (χ3v) is 4.51. The van der Waals surface area contributed by atoms with Gasteiger partial charge in [-0.25, -0.2) is 20.0 Å². The van der Waals surface area contributed by atoms with Crippen molar-refractivity contribution >= 4 is 18.0 Å². The molecule has 1 aromatic rings. The summed E-state index contributed by atoms with van der Waals surface area (Å²) >= 11 is 0. The van der Waals surface area contributed by atoms with Crippen LogP contribution in [0.1, 0.15) is 42.6 Å². The Bertz CT molecular complexity index is 790. The Balaban J connectivity index is 1.92. The topological polar surface area (TPSA) is 94.2 Å². The average Bonchev–Trinajstić information content (AvgIpc) is 3.18. The largest absolute Gasteiger partial charge is 0.485 e. The third-order valence-electron chi connectivity index (χ3n) is 4.51. The number of Topliss-reactive ketones (excluding diaryl/α,β-unsaturated/α-hetero) is 1. The zero-order valence-corrected chi connectivity index (χ0v) is 15.4. The van der Waals surface area contributed by atoms with E-state index in [0.29, 0.717) is 11.3 Å². The number of benzene rings is 1. The van der Waals surface area contributed by atoms with Crippen LogP contribution < -0.4 is 10.2 Å². The summed E-state index contributed by atoms with van der Waals surface area (Å²) in [4.78, 5) is 36.1. The van der Waals surface area contributed by atoms with Gasteiger partial charge in [0.1, 0.15) is 11.9 Å². The Kier molecular flexibility index (Phi) is 5.34. The molecule has 0 bridgehead atoms. The first-order valence-electron chi connectivity index (χ1n) is 8.85. The van der Waals surface area contributed by atoms with Crippen molar-refractivity contribution in [1.82, 2.24) is 10.4 Å². The van der Waals surface area contributed by atoms with E-state index in [1.54, 1.807) is 38.1 Å². The van der Waals surface area contributed by atoms with Gasteiger partial charge < -0.3 is 14.2 Å². The monoisotopic (exact) mass is 374 g/mol. The van der Waals surface area contributed by atoms with Crippen molar-refractivity contribution < 1.29 is 28.6 Å². The fourth-order valence-corrected chi connectivity index (χ4v) is 3.36. The molecule has 0 fully saturated rings. The fraction of sp³-hybridized carbons (Fsp3) is 0.421. The minimum absolute atomic E-state index is 0.0596. The van der Waals surface area contributed by atoms with Gasteiger partial charge in [-0.15, -0.1) is 0 Å². The number of fused-ring (bicyclic) bond motifs is 3. The lowest BCUT2D eigenvalue weighted by Crippen LogP contribution is -2.53. The maximum absolute atomic E-state index is 12.5. The number of amides is 2. The minimum atomic E-state index is -0.751. The number of nitrogens with one attached hydrogen (secondary N) is 1. The first-order chi connectivity index (χ1) is 13.0. The molecule has 0 saturated heterocycles. The molecule has 8 nitrogen and oxygen atoms in total. The summed E-state index contributed by atoms with van der Waals surface area (Å²) in [6.45, 7) is 5.17. The maximum Gasteiger partial charge on any atom is 0.429 e. The van der Waals surface area contributed by atoms with E-state index in [2.05, 4.69) is 5.43 Å². The minimum Gasteiger partial charge on any atom is -0.485 e. The molecular formula is C19H22N2O6. The third kappa shape index (κ3) is 3.60. The highest BCUT2D eigenvalue weighted by atomic mass is 16.6. The van der Waals surface area contributed by atoms with E-state index in [-0.39, 0.29) is 31.0 Å². The molecule has 1 heterocycles. The number of ketones is 1. The zero-order valence-electron chi connectivity index (χ0n) is 15.4. The predicted molar refractivity (Wildman–Crippen MR) is 95.6 cm³/mol. The summed E-state index contributed by atoms with van der Waals surface area (Å²) in [5.41, 5.74) is 3.82. The van der Waals surface area contributed by atoms with Gasteiger partial charge in [0, 0.05) is 11.1 Å². The Morgan fingerprint density at radius 1 is 1.15 bits per heavy atom. The summed E-state index contributed by atoms with van der Waals surface area (Å²) in [5, 5.41) is 1.11. The van der Waals surface area contributed by atoms with Crippen LogP contribution in [0.2, 0.25) is 0 Å². The lowest BCUT2D eigenvalue weighted by Gasteiger charge is -2.30. The van der Waals surface area contributed by atoms with Crippen molar-refractivity contribution in [3.63, 3.8) is 0 Å². The van der Waals surface area contributed by atoms with Crippen LogP contribution in [0, 0.1) is 0 Å². The molecule has 27 heavy (non-hydrogen) atoms. The molecule has 1 aromatic carbocycles. The van der Waals surface area contributed by atoms with Crippen LogP contribution >= 0.6 is 0 Å². The Morgan fingerprint density at radius 3 is 2.56 bits per heavy atom. The average molecular weight is 374 g/mol. The first kappa shape index (κ1) is 18.8. The molecule has 1 aliphatic heterocycles. The van der Waals surface area contributed by atoms with Crippen LogP contribution in [0.25, 0.3) is 0 Å². The molecule has 3 rings (SSSR count). The van der Waals surface area contributed by atoms with Crippen LogP contribution in [0.5, 0.6) is 5.75 Å². The van der Waals surface area contributed by atoms with E-state index in [1.807, 2.05) is 6.08 Å². The molecule has 1 aliphatic carbocycles. The van der Waals surface area contributed by atoms with Crippen molar-refractivity contribution in [2.45, 2.75) is 38.8 Å². The van der Waals surface area contributed by atoms with E-state index >= 15 is 0 Å². The number of carbonyl (C=O) groups excluding carboxylic acids is 3. The van der Waals surface area contributed by atoms with Gasteiger partial charge in [-0.3, -0.25) is 4.79 Å². The second-order valence-corrected chi connectivity index (χ2v) is 6.19. The smallest absolute Gasteiger partial charge is 0.429 e. The molecule has 2 amide bonds. The second kappa shape index (κ2) is 7.69. The van der Waals surface area contributed by atoms with Crippen LogP contribution in [0.15, 0.2) is 30.4 Å². The number of hydrazine groups is 1. The van der Waals surface area contributed by atoms with Crippen LogP contribution in [0.4, 0.5) is 9.59 Å². The number of ether oxygens (including phenoxy) is 3. The van der Waals surface area contributed by atoms with Gasteiger partial charge in [0.2, 0.25) is 0 Å². The highest BCUT2D eigenvalue weighted by Crippen LogP contribution is 2.46. The van der Waals surface area contributed by atoms with Crippen molar-refractivity contribution in [3.05, 3.63) is 41.5 Å². The van der Waals surface area contributed by atoms with Gasteiger partial charge in [0.15, 0.2) is 5.78 Å². The fourth-order valence-electron chi connectivity index (χ4n) is 3.36. The summed E-state index contributed by atoms with van der Waals surface area (Å²) < 4.78 is 15.9. The van der Waals surface area contributed by atoms with E-state index < -0.39 is 18.2 Å². The number of rotatable bonds is 4. The van der Waals surface area contributed by atoms with E-state index in [4.69, 9.17) is 14.2 Å². The molecule has 0 unspecified atom stereocenters. The van der Waals surface area contributed by atoms with Crippen molar-refractivity contribution in [2.75, 3.05) is 13.2 Å². The summed E-state index contributed by atoms with van der Waals surface area (Å²) in [5.74, 6) is 0.325. The lowest BCUT2D eigenvalue weighted by atomic mass is 9.91. The van der Waals surface area contributed by atoms with Crippen molar-refractivity contribution in [1.29, 1.82) is 0 Å². The van der Waals surface area contributed by atoms with Gasteiger partial charge >= 0.3 is 12.2 Å². The van der Waals surface area contributed by atoms with E-state index in [1.165, 1.54) is 6.92 Å². The lowest BCUT2D eigenvalue weighted by molar-refractivity contribution is 0.0568. The highest BCUT2D eigenvalue weighted by molar-refractivity contribution is 5.94. The van der Waals surface area contributed by atoms with Crippen molar-refractivity contribution in [3.8, 4) is 5.75 Å². The normalized spacial score (nSPS) is 21.7. The summed E-state index contributed by atoms with van der Waals surface area (Å²) in [6, 6.07) is 4.70. The van der Waals surface area contributed by atoms with Crippen LogP contribution in [0.3, 0.4) is 0 Å². The van der Waals surface area contributed by atoms with Crippen LogP contribution in [-0.4, -0.2) is 48.3 Å². The summed E-state index contributed by atoms with van der Waals surface area (Å²) in [6.07, 6.45) is 1.87. The molecule has 3 atom stereocenters.